The molecule has 1 aromatic heterocycles. The molecule has 192 valence electrons. The van der Waals surface area contributed by atoms with Crippen LogP contribution in [-0.2, 0) is 0 Å². The van der Waals surface area contributed by atoms with Crippen LogP contribution in [0.1, 0.15) is 80.0 Å². The Bertz CT molecular complexity index is 1170. The highest BCUT2D eigenvalue weighted by atomic mass is 35.5. The monoisotopic (exact) mass is 506 g/mol. The van der Waals surface area contributed by atoms with Gasteiger partial charge in [0.25, 0.3) is 0 Å². The van der Waals surface area contributed by atoms with Gasteiger partial charge in [0, 0.05) is 35.1 Å². The van der Waals surface area contributed by atoms with Gasteiger partial charge >= 0.3 is 0 Å². The number of benzene rings is 2. The van der Waals surface area contributed by atoms with Gasteiger partial charge in [-0.3, -0.25) is 0 Å². The van der Waals surface area contributed by atoms with Crippen LogP contribution in [0.25, 0.3) is 10.9 Å². The average molecular weight is 507 g/mol. The fourth-order valence-corrected chi connectivity index (χ4v) is 6.11. The van der Waals surface area contributed by atoms with E-state index in [0.717, 1.165) is 37.4 Å². The molecule has 1 atom stereocenters. The van der Waals surface area contributed by atoms with Crippen molar-refractivity contribution in [3.05, 3.63) is 65.4 Å². The SMILES string of the molecule is COc1cccc(C(CCNC2CCNCC2)c2cn(C3CCCCC3)c3ccc(C#N)cc23)c1.Cl. The van der Waals surface area contributed by atoms with Gasteiger partial charge in [0.1, 0.15) is 5.75 Å². The van der Waals surface area contributed by atoms with E-state index >= 15 is 0 Å². The number of nitrogens with zero attached hydrogens (tertiary/aromatic N) is 2. The van der Waals surface area contributed by atoms with Gasteiger partial charge in [-0.05, 0) is 93.2 Å². The Balaban J connectivity index is 0.00000304. The standard InChI is InChI=1S/C30H38N4O.ClH/c1-35-26-9-5-6-23(19-26)27(14-17-33-24-12-15-32-16-13-24)29-21-34(25-7-3-2-4-8-25)30-11-10-22(20-31)18-28(29)30;/h5-6,9-11,18-19,21,24-25,27,32-33H,2-4,7-8,12-17H2,1H3;1H. The third-order valence-corrected chi connectivity index (χ3v) is 8.04. The summed E-state index contributed by atoms with van der Waals surface area (Å²) in [4.78, 5) is 0. The number of ether oxygens (including phenoxy) is 1. The maximum atomic E-state index is 9.66. The number of hydrogen-bond acceptors (Lipinski definition) is 4. The third kappa shape index (κ3) is 5.89. The summed E-state index contributed by atoms with van der Waals surface area (Å²) < 4.78 is 8.12. The molecule has 6 heteroatoms. The summed E-state index contributed by atoms with van der Waals surface area (Å²) >= 11 is 0. The maximum absolute atomic E-state index is 9.66. The summed E-state index contributed by atoms with van der Waals surface area (Å²) in [6, 6.07) is 18.3. The molecule has 1 unspecified atom stereocenters. The number of methoxy groups -OCH3 is 1. The average Bonchev–Trinajstić information content (AvgIpc) is 3.30. The summed E-state index contributed by atoms with van der Waals surface area (Å²) in [6.45, 7) is 3.17. The number of hydrogen-bond donors (Lipinski definition) is 2. The lowest BCUT2D eigenvalue weighted by Gasteiger charge is -2.25. The van der Waals surface area contributed by atoms with Crippen molar-refractivity contribution in [3.8, 4) is 11.8 Å². The molecular weight excluding hydrogens is 468 g/mol. The molecule has 5 rings (SSSR count). The van der Waals surface area contributed by atoms with E-state index < -0.39 is 0 Å². The zero-order chi connectivity index (χ0) is 24.0. The van der Waals surface area contributed by atoms with Crippen LogP contribution in [0.5, 0.6) is 5.75 Å². The van der Waals surface area contributed by atoms with Crippen LogP contribution in [0.4, 0.5) is 0 Å². The van der Waals surface area contributed by atoms with E-state index in [-0.39, 0.29) is 18.3 Å². The molecule has 0 bridgehead atoms. The first-order chi connectivity index (χ1) is 17.3. The van der Waals surface area contributed by atoms with Crippen molar-refractivity contribution in [2.24, 2.45) is 0 Å². The fraction of sp³-hybridized carbons (Fsp3) is 0.500. The quantitative estimate of drug-likeness (QED) is 0.375. The lowest BCUT2D eigenvalue weighted by atomic mass is 9.87. The second-order valence-corrected chi connectivity index (χ2v) is 10.2. The molecule has 1 aliphatic carbocycles. The van der Waals surface area contributed by atoms with Crippen molar-refractivity contribution >= 4 is 23.3 Å². The normalized spacial score (nSPS) is 17.9. The van der Waals surface area contributed by atoms with Crippen molar-refractivity contribution in [1.82, 2.24) is 15.2 Å². The van der Waals surface area contributed by atoms with Gasteiger partial charge in [-0.15, -0.1) is 12.4 Å². The van der Waals surface area contributed by atoms with Crippen molar-refractivity contribution in [3.63, 3.8) is 0 Å². The second-order valence-electron chi connectivity index (χ2n) is 10.2. The van der Waals surface area contributed by atoms with Gasteiger partial charge in [0.15, 0.2) is 0 Å². The van der Waals surface area contributed by atoms with Crippen molar-refractivity contribution in [1.29, 1.82) is 5.26 Å². The van der Waals surface area contributed by atoms with Crippen LogP contribution < -0.4 is 15.4 Å². The molecular formula is C30H39ClN4O. The molecule has 2 aromatic carbocycles. The summed E-state index contributed by atoms with van der Waals surface area (Å²) in [5.74, 6) is 1.13. The zero-order valence-electron chi connectivity index (χ0n) is 21.3. The molecule has 2 heterocycles. The largest absolute Gasteiger partial charge is 0.497 e. The van der Waals surface area contributed by atoms with Crippen molar-refractivity contribution in [2.75, 3.05) is 26.7 Å². The molecule has 0 spiro atoms. The maximum Gasteiger partial charge on any atom is 0.119 e. The Hall–Kier alpha value is -2.52. The molecule has 1 aliphatic heterocycles. The zero-order valence-corrected chi connectivity index (χ0v) is 22.2. The number of nitrogens with one attached hydrogen (secondary N) is 2. The summed E-state index contributed by atoms with van der Waals surface area (Å²) in [7, 11) is 1.74. The minimum absolute atomic E-state index is 0. The molecule has 1 saturated carbocycles. The molecule has 2 N–H and O–H groups in total. The van der Waals surface area contributed by atoms with Gasteiger partial charge < -0.3 is 19.9 Å². The van der Waals surface area contributed by atoms with Gasteiger partial charge in [0.2, 0.25) is 0 Å². The third-order valence-electron chi connectivity index (χ3n) is 8.04. The van der Waals surface area contributed by atoms with Gasteiger partial charge in [-0.25, -0.2) is 0 Å². The number of nitriles is 1. The van der Waals surface area contributed by atoms with Gasteiger partial charge in [0.05, 0.1) is 18.7 Å². The highest BCUT2D eigenvalue weighted by Gasteiger charge is 2.25. The Morgan fingerprint density at radius 3 is 2.64 bits per heavy atom. The molecule has 5 nitrogen and oxygen atoms in total. The van der Waals surface area contributed by atoms with Crippen LogP contribution in [0.3, 0.4) is 0 Å². The van der Waals surface area contributed by atoms with Gasteiger partial charge in [-0.2, -0.15) is 5.26 Å². The van der Waals surface area contributed by atoms with E-state index in [1.165, 1.54) is 67.0 Å². The Kier molecular flexibility index (Phi) is 9.31. The predicted octanol–water partition coefficient (Wildman–Crippen LogP) is 6.31. The van der Waals surface area contributed by atoms with Crippen LogP contribution in [-0.4, -0.2) is 37.4 Å². The van der Waals surface area contributed by atoms with Crippen LogP contribution >= 0.6 is 12.4 Å². The number of fused-ring (bicyclic) bond motifs is 1. The first-order valence-corrected chi connectivity index (χ1v) is 13.4. The van der Waals surface area contributed by atoms with E-state index in [1.54, 1.807) is 7.11 Å². The topological polar surface area (TPSA) is 62.0 Å². The molecule has 3 aromatic rings. The van der Waals surface area contributed by atoms with E-state index in [2.05, 4.69) is 57.8 Å². The molecule has 36 heavy (non-hydrogen) atoms. The highest BCUT2D eigenvalue weighted by molar-refractivity contribution is 5.86. The Morgan fingerprint density at radius 1 is 1.08 bits per heavy atom. The summed E-state index contributed by atoms with van der Waals surface area (Å²) in [5.41, 5.74) is 4.62. The predicted molar refractivity (Wildman–Crippen MR) is 149 cm³/mol. The Morgan fingerprint density at radius 2 is 1.89 bits per heavy atom. The number of piperidine rings is 1. The molecule has 1 saturated heterocycles. The lowest BCUT2D eigenvalue weighted by molar-refractivity contribution is 0.360. The fourth-order valence-electron chi connectivity index (χ4n) is 6.11. The number of halogens is 1. The first kappa shape index (κ1) is 26.5. The number of aromatic nitrogens is 1. The summed E-state index contributed by atoms with van der Waals surface area (Å²) in [5, 5.41) is 18.2. The smallest absolute Gasteiger partial charge is 0.119 e. The minimum atomic E-state index is 0. The Labute approximate surface area is 221 Å². The molecule has 2 fully saturated rings. The molecule has 0 radical (unpaired) electrons. The lowest BCUT2D eigenvalue weighted by Crippen LogP contribution is -2.40. The van der Waals surface area contributed by atoms with E-state index in [9.17, 15) is 5.26 Å². The van der Waals surface area contributed by atoms with E-state index in [4.69, 9.17) is 4.74 Å². The minimum Gasteiger partial charge on any atom is -0.497 e. The van der Waals surface area contributed by atoms with E-state index in [1.807, 2.05) is 12.1 Å². The first-order valence-electron chi connectivity index (χ1n) is 13.4. The van der Waals surface area contributed by atoms with Crippen LogP contribution in [0.2, 0.25) is 0 Å². The van der Waals surface area contributed by atoms with Gasteiger partial charge in [-0.1, -0.05) is 31.4 Å². The highest BCUT2D eigenvalue weighted by Crippen LogP contribution is 2.39. The number of rotatable bonds is 8. The van der Waals surface area contributed by atoms with Crippen LogP contribution in [0, 0.1) is 11.3 Å². The van der Waals surface area contributed by atoms with Crippen molar-refractivity contribution < 1.29 is 4.74 Å². The van der Waals surface area contributed by atoms with Crippen molar-refractivity contribution in [2.45, 2.75) is 69.4 Å². The summed E-state index contributed by atoms with van der Waals surface area (Å²) in [6.07, 6.45) is 12.2. The second kappa shape index (κ2) is 12.6. The molecule has 2 aliphatic rings. The van der Waals surface area contributed by atoms with Crippen LogP contribution in [0.15, 0.2) is 48.7 Å². The molecule has 0 amide bonds. The van der Waals surface area contributed by atoms with E-state index in [0.29, 0.717) is 12.1 Å².